The minimum absolute atomic E-state index is 0.512. The summed E-state index contributed by atoms with van der Waals surface area (Å²) < 4.78 is 5.44. The van der Waals surface area contributed by atoms with E-state index in [2.05, 4.69) is 6.92 Å². The maximum absolute atomic E-state index is 9.96. The van der Waals surface area contributed by atoms with E-state index in [4.69, 9.17) is 4.74 Å². The quantitative estimate of drug-likeness (QED) is 0.324. The Morgan fingerprint density at radius 3 is 1.68 bits per heavy atom. The molecule has 116 valence electrons. The molecule has 0 aromatic carbocycles. The van der Waals surface area contributed by atoms with E-state index in [0.29, 0.717) is 13.2 Å². The fraction of sp³-hybridized carbons (Fsp3) is 1.00. The van der Waals surface area contributed by atoms with Crippen LogP contribution in [0.5, 0.6) is 0 Å². The van der Waals surface area contributed by atoms with Gasteiger partial charge in [-0.2, -0.15) is 0 Å². The standard InChI is InChI=1S/C16H34NO2/c1-2-3-4-5-6-7-8-9-10-11-12-15-19-16-13-14-17-18/h17H,2-16H2,1H3/q-1. The van der Waals surface area contributed by atoms with E-state index in [9.17, 15) is 5.21 Å². The first-order chi connectivity index (χ1) is 9.41. The van der Waals surface area contributed by atoms with Crippen molar-refractivity contribution in [3.8, 4) is 0 Å². The van der Waals surface area contributed by atoms with Crippen molar-refractivity contribution in [1.29, 1.82) is 0 Å². The van der Waals surface area contributed by atoms with Crippen LogP contribution in [0.15, 0.2) is 0 Å². The van der Waals surface area contributed by atoms with Crippen molar-refractivity contribution >= 4 is 0 Å². The molecule has 0 rings (SSSR count). The number of hydroxylamine groups is 1. The van der Waals surface area contributed by atoms with E-state index < -0.39 is 0 Å². The van der Waals surface area contributed by atoms with Gasteiger partial charge in [-0.05, 0) is 19.4 Å². The molecule has 0 radical (unpaired) electrons. The second kappa shape index (κ2) is 17.9. The van der Waals surface area contributed by atoms with Gasteiger partial charge in [0, 0.05) is 13.2 Å². The summed E-state index contributed by atoms with van der Waals surface area (Å²) in [5.41, 5.74) is 1.88. The summed E-state index contributed by atoms with van der Waals surface area (Å²) in [6.07, 6.45) is 15.9. The third-order valence-electron chi connectivity index (χ3n) is 3.46. The highest BCUT2D eigenvalue weighted by Gasteiger charge is 1.93. The minimum atomic E-state index is 0.512. The molecule has 0 spiro atoms. The van der Waals surface area contributed by atoms with Gasteiger partial charge in [0.25, 0.3) is 0 Å². The minimum Gasteiger partial charge on any atom is -0.788 e. The maximum atomic E-state index is 9.96. The van der Waals surface area contributed by atoms with Crippen LogP contribution >= 0.6 is 0 Å². The van der Waals surface area contributed by atoms with Crippen LogP contribution in [0.2, 0.25) is 0 Å². The van der Waals surface area contributed by atoms with Gasteiger partial charge in [0.2, 0.25) is 0 Å². The van der Waals surface area contributed by atoms with Gasteiger partial charge in [-0.3, -0.25) is 0 Å². The molecule has 3 nitrogen and oxygen atoms in total. The second-order valence-electron chi connectivity index (χ2n) is 5.40. The molecule has 0 saturated carbocycles. The van der Waals surface area contributed by atoms with Crippen molar-refractivity contribution in [3.63, 3.8) is 0 Å². The van der Waals surface area contributed by atoms with Gasteiger partial charge in [0.05, 0.1) is 0 Å². The van der Waals surface area contributed by atoms with E-state index in [1.165, 1.54) is 70.6 Å². The van der Waals surface area contributed by atoms with Gasteiger partial charge < -0.3 is 15.4 Å². The lowest BCUT2D eigenvalue weighted by atomic mass is 10.1. The molecule has 0 bridgehead atoms. The number of ether oxygens (including phenoxy) is 1. The molecule has 0 aliphatic heterocycles. The van der Waals surface area contributed by atoms with Gasteiger partial charge in [-0.1, -0.05) is 71.1 Å². The van der Waals surface area contributed by atoms with Crippen LogP contribution in [0.1, 0.15) is 84.0 Å². The van der Waals surface area contributed by atoms with Gasteiger partial charge in [-0.25, -0.2) is 0 Å². The highest BCUT2D eigenvalue weighted by molar-refractivity contribution is 4.48. The molecule has 0 amide bonds. The molecule has 0 heterocycles. The van der Waals surface area contributed by atoms with Gasteiger partial charge in [0.1, 0.15) is 0 Å². The predicted octanol–water partition coefficient (Wildman–Crippen LogP) is 4.79. The molecular formula is C16H34NO2-. The molecule has 3 heteroatoms. The summed E-state index contributed by atoms with van der Waals surface area (Å²) >= 11 is 0. The second-order valence-corrected chi connectivity index (χ2v) is 5.40. The Balaban J connectivity index is 2.88. The SMILES string of the molecule is CCCCCCCCCCCCCOCCCN[O-]. The molecular weight excluding hydrogens is 238 g/mol. The molecule has 0 aliphatic rings. The number of nitrogens with one attached hydrogen (secondary N) is 1. The van der Waals surface area contributed by atoms with Crippen molar-refractivity contribution in [2.45, 2.75) is 84.0 Å². The van der Waals surface area contributed by atoms with Crippen LogP contribution < -0.4 is 5.48 Å². The zero-order chi connectivity index (χ0) is 14.0. The van der Waals surface area contributed by atoms with E-state index in [1.54, 1.807) is 0 Å². The monoisotopic (exact) mass is 272 g/mol. The zero-order valence-corrected chi connectivity index (χ0v) is 12.9. The Kier molecular flexibility index (Phi) is 17.8. The van der Waals surface area contributed by atoms with Crippen LogP contribution in [0.4, 0.5) is 0 Å². The maximum Gasteiger partial charge on any atom is 0.0477 e. The summed E-state index contributed by atoms with van der Waals surface area (Å²) in [4.78, 5) is 0. The van der Waals surface area contributed by atoms with Crippen LogP contribution in [-0.2, 0) is 4.74 Å². The van der Waals surface area contributed by atoms with Crippen molar-refractivity contribution in [2.24, 2.45) is 0 Å². The summed E-state index contributed by atoms with van der Waals surface area (Å²) in [6.45, 7) is 4.35. The Hall–Kier alpha value is -0.120. The molecule has 0 fully saturated rings. The Bertz CT molecular complexity index is 138. The van der Waals surface area contributed by atoms with Crippen LogP contribution in [0.25, 0.3) is 0 Å². The van der Waals surface area contributed by atoms with Crippen LogP contribution in [0, 0.1) is 5.21 Å². The van der Waals surface area contributed by atoms with E-state index in [0.717, 1.165) is 13.0 Å². The third-order valence-corrected chi connectivity index (χ3v) is 3.46. The average molecular weight is 272 g/mol. The van der Waals surface area contributed by atoms with Crippen LogP contribution in [-0.4, -0.2) is 19.8 Å². The largest absolute Gasteiger partial charge is 0.788 e. The molecule has 0 unspecified atom stereocenters. The zero-order valence-electron chi connectivity index (χ0n) is 12.9. The average Bonchev–Trinajstić information content (AvgIpc) is 2.43. The fourth-order valence-corrected chi connectivity index (χ4v) is 2.22. The first-order valence-corrected chi connectivity index (χ1v) is 8.34. The predicted molar refractivity (Wildman–Crippen MR) is 83.3 cm³/mol. The first kappa shape index (κ1) is 18.9. The molecule has 0 aromatic rings. The number of rotatable bonds is 16. The first-order valence-electron chi connectivity index (χ1n) is 8.34. The van der Waals surface area contributed by atoms with Gasteiger partial charge >= 0.3 is 0 Å². The van der Waals surface area contributed by atoms with E-state index in [1.807, 2.05) is 5.48 Å². The number of hydrogen-bond acceptors (Lipinski definition) is 3. The third kappa shape index (κ3) is 17.9. The molecule has 1 N–H and O–H groups in total. The lowest BCUT2D eigenvalue weighted by molar-refractivity contribution is 0.128. The van der Waals surface area contributed by atoms with Crippen molar-refractivity contribution in [3.05, 3.63) is 5.21 Å². The molecule has 19 heavy (non-hydrogen) atoms. The molecule has 0 atom stereocenters. The molecule has 0 aromatic heterocycles. The van der Waals surface area contributed by atoms with Gasteiger partial charge in [-0.15, -0.1) is 0 Å². The lowest BCUT2D eigenvalue weighted by Gasteiger charge is -2.07. The molecule has 0 saturated heterocycles. The number of hydrogen-bond donors (Lipinski definition) is 1. The van der Waals surface area contributed by atoms with E-state index in [-0.39, 0.29) is 0 Å². The molecule has 0 aliphatic carbocycles. The summed E-state index contributed by atoms with van der Waals surface area (Å²) in [6, 6.07) is 0. The van der Waals surface area contributed by atoms with Crippen molar-refractivity contribution in [1.82, 2.24) is 5.48 Å². The fourth-order valence-electron chi connectivity index (χ4n) is 2.22. The van der Waals surface area contributed by atoms with Gasteiger partial charge in [0.15, 0.2) is 0 Å². The summed E-state index contributed by atoms with van der Waals surface area (Å²) in [5, 5.41) is 9.96. The topological polar surface area (TPSA) is 44.3 Å². The smallest absolute Gasteiger partial charge is 0.0477 e. The highest BCUT2D eigenvalue weighted by atomic mass is 16.5. The van der Waals surface area contributed by atoms with Crippen molar-refractivity contribution in [2.75, 3.05) is 19.8 Å². The van der Waals surface area contributed by atoms with E-state index >= 15 is 0 Å². The van der Waals surface area contributed by atoms with Crippen molar-refractivity contribution < 1.29 is 4.74 Å². The number of unbranched alkanes of at least 4 members (excludes halogenated alkanes) is 10. The lowest BCUT2D eigenvalue weighted by Crippen LogP contribution is -2.08. The normalized spacial score (nSPS) is 11.1. The Morgan fingerprint density at radius 1 is 0.684 bits per heavy atom. The summed E-state index contributed by atoms with van der Waals surface area (Å²) in [5.74, 6) is 0. The van der Waals surface area contributed by atoms with Crippen LogP contribution in [0.3, 0.4) is 0 Å². The highest BCUT2D eigenvalue weighted by Crippen LogP contribution is 2.11. The Morgan fingerprint density at radius 2 is 1.16 bits per heavy atom. The summed E-state index contributed by atoms with van der Waals surface area (Å²) in [7, 11) is 0. The Labute approximate surface area is 120 Å².